The Morgan fingerprint density at radius 2 is 2.42 bits per heavy atom. The van der Waals surface area contributed by atoms with Crippen molar-refractivity contribution in [3.63, 3.8) is 0 Å². The summed E-state index contributed by atoms with van der Waals surface area (Å²) in [4.78, 5) is 10.7. The van der Waals surface area contributed by atoms with Crippen LogP contribution in [0.25, 0.3) is 0 Å². The van der Waals surface area contributed by atoms with E-state index in [2.05, 4.69) is 0 Å². The van der Waals surface area contributed by atoms with Gasteiger partial charge in [-0.2, -0.15) is 0 Å². The van der Waals surface area contributed by atoms with Crippen molar-refractivity contribution in [2.24, 2.45) is 0 Å². The highest BCUT2D eigenvalue weighted by atomic mass is 16.5. The fourth-order valence-electron chi connectivity index (χ4n) is 1.42. The van der Waals surface area contributed by atoms with Crippen molar-refractivity contribution in [1.29, 1.82) is 0 Å². The number of ether oxygens (including phenoxy) is 1. The topological polar surface area (TPSA) is 51.5 Å². The number of aromatic carboxylic acids is 1. The molecule has 0 saturated carbocycles. The van der Waals surface area contributed by atoms with Crippen molar-refractivity contribution < 1.29 is 14.6 Å². The van der Waals surface area contributed by atoms with E-state index in [1.165, 1.54) is 0 Å². The molecule has 0 amide bonds. The molecular weight excluding hydrogens is 158 g/mol. The molecule has 0 aliphatic carbocycles. The Balaban J connectivity index is 2.44. The third-order valence-electron chi connectivity index (χ3n) is 2.00. The first kappa shape index (κ1) is 7.36. The van der Waals surface area contributed by atoms with Crippen molar-refractivity contribution >= 4 is 5.97 Å². The molecule has 0 radical (unpaired) electrons. The molecular formula is C8H9NO3. The van der Waals surface area contributed by atoms with Crippen LogP contribution in [0, 0.1) is 0 Å². The van der Waals surface area contributed by atoms with Crippen LogP contribution in [0.4, 0.5) is 0 Å². The number of carboxylic acid groups (broad SMARTS) is 1. The lowest BCUT2D eigenvalue weighted by atomic mass is 10.4. The van der Waals surface area contributed by atoms with E-state index < -0.39 is 5.97 Å². The second kappa shape index (κ2) is 2.64. The molecule has 0 fully saturated rings. The summed E-state index contributed by atoms with van der Waals surface area (Å²) in [6.07, 6.45) is 0. The van der Waals surface area contributed by atoms with Gasteiger partial charge in [-0.05, 0) is 12.1 Å². The Morgan fingerprint density at radius 1 is 1.58 bits per heavy atom. The molecule has 4 nitrogen and oxygen atoms in total. The van der Waals surface area contributed by atoms with E-state index in [0.717, 1.165) is 5.69 Å². The van der Waals surface area contributed by atoms with Gasteiger partial charge in [0.15, 0.2) is 0 Å². The second-order valence-electron chi connectivity index (χ2n) is 2.72. The van der Waals surface area contributed by atoms with E-state index in [-0.39, 0.29) is 0 Å². The molecule has 1 aliphatic heterocycles. The van der Waals surface area contributed by atoms with E-state index in [4.69, 9.17) is 9.84 Å². The molecule has 0 bridgehead atoms. The van der Waals surface area contributed by atoms with Gasteiger partial charge in [0.2, 0.25) is 0 Å². The zero-order chi connectivity index (χ0) is 8.55. The Labute approximate surface area is 69.4 Å². The molecule has 1 aliphatic rings. The first-order chi connectivity index (χ1) is 5.79. The summed E-state index contributed by atoms with van der Waals surface area (Å²) in [7, 11) is 0. The Hall–Kier alpha value is -1.29. The summed E-state index contributed by atoms with van der Waals surface area (Å²) >= 11 is 0. The second-order valence-corrected chi connectivity index (χ2v) is 2.72. The number of fused-ring (bicyclic) bond motifs is 1. The lowest BCUT2D eigenvalue weighted by molar-refractivity contribution is 0.0646. The molecule has 2 rings (SSSR count). The molecule has 0 saturated heterocycles. The zero-order valence-electron chi connectivity index (χ0n) is 6.49. The van der Waals surface area contributed by atoms with Crippen LogP contribution in [0.15, 0.2) is 12.1 Å². The van der Waals surface area contributed by atoms with Crippen LogP contribution in [0.1, 0.15) is 16.2 Å². The fourth-order valence-corrected chi connectivity index (χ4v) is 1.42. The largest absolute Gasteiger partial charge is 0.477 e. The molecule has 0 aromatic carbocycles. The van der Waals surface area contributed by atoms with Crippen LogP contribution in [0.5, 0.6) is 0 Å². The van der Waals surface area contributed by atoms with Crippen LogP contribution in [0.3, 0.4) is 0 Å². The number of aromatic nitrogens is 1. The summed E-state index contributed by atoms with van der Waals surface area (Å²) in [5, 5.41) is 8.77. The quantitative estimate of drug-likeness (QED) is 0.670. The highest BCUT2D eigenvalue weighted by Gasteiger charge is 2.16. The predicted molar refractivity (Wildman–Crippen MR) is 41.0 cm³/mol. The molecule has 1 N–H and O–H groups in total. The lowest BCUT2D eigenvalue weighted by Gasteiger charge is -2.16. The van der Waals surface area contributed by atoms with Crippen molar-refractivity contribution in [1.82, 2.24) is 4.57 Å². The van der Waals surface area contributed by atoms with Crippen LogP contribution >= 0.6 is 0 Å². The minimum atomic E-state index is -0.872. The molecule has 0 atom stereocenters. The number of carbonyl (C=O) groups is 1. The van der Waals surface area contributed by atoms with Gasteiger partial charge in [0.1, 0.15) is 5.69 Å². The van der Waals surface area contributed by atoms with Gasteiger partial charge in [-0.3, -0.25) is 0 Å². The number of hydrogen-bond donors (Lipinski definition) is 1. The smallest absolute Gasteiger partial charge is 0.352 e. The first-order valence-electron chi connectivity index (χ1n) is 3.78. The summed E-state index contributed by atoms with van der Waals surface area (Å²) in [5.41, 5.74) is 1.30. The van der Waals surface area contributed by atoms with Crippen LogP contribution in [-0.4, -0.2) is 22.2 Å². The number of nitrogens with zero attached hydrogens (tertiary/aromatic N) is 1. The normalized spacial score (nSPS) is 15.7. The third-order valence-corrected chi connectivity index (χ3v) is 2.00. The number of hydrogen-bond acceptors (Lipinski definition) is 2. The van der Waals surface area contributed by atoms with Gasteiger partial charge in [-0.25, -0.2) is 4.79 Å². The molecule has 2 heterocycles. The van der Waals surface area contributed by atoms with E-state index in [1.807, 2.05) is 0 Å². The SMILES string of the molecule is O=C(O)c1ccc2n1CCOC2. The van der Waals surface area contributed by atoms with Crippen molar-refractivity contribution in [2.75, 3.05) is 6.61 Å². The monoisotopic (exact) mass is 167 g/mol. The van der Waals surface area contributed by atoms with E-state index in [1.54, 1.807) is 16.7 Å². The van der Waals surface area contributed by atoms with Crippen LogP contribution < -0.4 is 0 Å². The fraction of sp³-hybridized carbons (Fsp3) is 0.375. The van der Waals surface area contributed by atoms with Crippen molar-refractivity contribution in [3.05, 3.63) is 23.5 Å². The average Bonchev–Trinajstić information content (AvgIpc) is 2.47. The predicted octanol–water partition coefficient (Wildman–Crippen LogP) is 0.716. The zero-order valence-corrected chi connectivity index (χ0v) is 6.49. The summed E-state index contributed by atoms with van der Waals surface area (Å²) in [5.74, 6) is -0.872. The van der Waals surface area contributed by atoms with Gasteiger partial charge in [0, 0.05) is 12.2 Å². The first-order valence-corrected chi connectivity index (χ1v) is 3.78. The highest BCUT2D eigenvalue weighted by Crippen LogP contribution is 2.14. The maximum Gasteiger partial charge on any atom is 0.352 e. The Morgan fingerprint density at radius 3 is 3.17 bits per heavy atom. The van der Waals surface area contributed by atoms with Gasteiger partial charge in [0.25, 0.3) is 0 Å². The van der Waals surface area contributed by atoms with Crippen molar-refractivity contribution in [3.8, 4) is 0 Å². The molecule has 4 heteroatoms. The van der Waals surface area contributed by atoms with Crippen LogP contribution in [0.2, 0.25) is 0 Å². The Kier molecular flexibility index (Phi) is 1.62. The molecule has 1 aromatic heterocycles. The molecule has 64 valence electrons. The lowest BCUT2D eigenvalue weighted by Crippen LogP contribution is -2.19. The Bertz CT molecular complexity index is 316. The van der Waals surface area contributed by atoms with Gasteiger partial charge in [0.05, 0.1) is 13.2 Å². The van der Waals surface area contributed by atoms with Gasteiger partial charge >= 0.3 is 5.97 Å². The highest BCUT2D eigenvalue weighted by molar-refractivity contribution is 5.86. The average molecular weight is 167 g/mol. The number of carboxylic acids is 1. The standard InChI is InChI=1S/C8H9NO3/c10-8(11)7-2-1-6-5-12-4-3-9(6)7/h1-2H,3-5H2,(H,10,11). The maximum atomic E-state index is 10.7. The van der Waals surface area contributed by atoms with Crippen molar-refractivity contribution in [2.45, 2.75) is 13.2 Å². The number of rotatable bonds is 1. The van der Waals surface area contributed by atoms with E-state index >= 15 is 0 Å². The van der Waals surface area contributed by atoms with Gasteiger partial charge in [-0.1, -0.05) is 0 Å². The molecule has 0 unspecified atom stereocenters. The minimum absolute atomic E-state index is 0.355. The molecule has 12 heavy (non-hydrogen) atoms. The summed E-state index contributed by atoms with van der Waals surface area (Å²) < 4.78 is 6.96. The third kappa shape index (κ3) is 1.00. The van der Waals surface area contributed by atoms with E-state index in [9.17, 15) is 4.79 Å². The van der Waals surface area contributed by atoms with Gasteiger partial charge in [-0.15, -0.1) is 0 Å². The molecule has 0 spiro atoms. The minimum Gasteiger partial charge on any atom is -0.477 e. The maximum absolute atomic E-state index is 10.7. The van der Waals surface area contributed by atoms with Gasteiger partial charge < -0.3 is 14.4 Å². The van der Waals surface area contributed by atoms with E-state index in [0.29, 0.717) is 25.5 Å². The molecule has 1 aromatic rings. The van der Waals surface area contributed by atoms with Crippen LogP contribution in [-0.2, 0) is 17.9 Å². The summed E-state index contributed by atoms with van der Waals surface area (Å²) in [6, 6.07) is 3.41. The summed E-state index contributed by atoms with van der Waals surface area (Å²) in [6.45, 7) is 1.76.